The third-order valence-corrected chi connectivity index (χ3v) is 8.09. The lowest BCUT2D eigenvalue weighted by Crippen LogP contribution is -2.50. The minimum absolute atomic E-state index is 0.00409. The van der Waals surface area contributed by atoms with Crippen LogP contribution >= 0.6 is 0 Å². The number of rotatable bonds is 7. The smallest absolute Gasteiger partial charge is 0.350 e. The van der Waals surface area contributed by atoms with Gasteiger partial charge in [-0.1, -0.05) is 0 Å². The molecule has 0 amide bonds. The van der Waals surface area contributed by atoms with Gasteiger partial charge in [-0.05, 0) is 32.4 Å². The highest BCUT2D eigenvalue weighted by Crippen LogP contribution is 2.30. The largest absolute Gasteiger partial charge is 0.390 e. The summed E-state index contributed by atoms with van der Waals surface area (Å²) in [5.41, 5.74) is 1.72. The number of nitrogens with zero attached hydrogens (tertiary/aromatic N) is 7. The van der Waals surface area contributed by atoms with Crippen LogP contribution in [-0.4, -0.2) is 88.5 Å². The number of aliphatic hydroxyl groups excluding tert-OH is 1. The van der Waals surface area contributed by atoms with E-state index in [1.54, 1.807) is 27.9 Å². The summed E-state index contributed by atoms with van der Waals surface area (Å²) in [5, 5.41) is 10.4. The number of piperidine rings is 1. The number of fused-ring (bicyclic) bond motifs is 1. The number of aliphatic hydroxyl groups is 1. The van der Waals surface area contributed by atoms with Crippen molar-refractivity contribution in [1.29, 1.82) is 0 Å². The van der Waals surface area contributed by atoms with Crippen LogP contribution < -0.4 is 15.5 Å². The fourth-order valence-corrected chi connectivity index (χ4v) is 6.24. The Bertz CT molecular complexity index is 1510. The number of aromatic nitrogens is 5. The monoisotopic (exact) mass is 545 g/mol. The SMILES string of the molecule is CC(C)n1c(=O)nc(N2CC(CS(C)(=O)=O)C2)c2cnc(Cc3ccnc(N4CC[C@H](O)[C@H](F)C4)n3)cc21. The summed E-state index contributed by atoms with van der Waals surface area (Å²) in [6.45, 7) is 5.36. The van der Waals surface area contributed by atoms with Gasteiger partial charge >= 0.3 is 5.69 Å². The van der Waals surface area contributed by atoms with Crippen LogP contribution in [0.2, 0.25) is 0 Å². The van der Waals surface area contributed by atoms with Crippen LogP contribution in [0, 0.1) is 5.92 Å². The third kappa shape index (κ3) is 5.48. The van der Waals surface area contributed by atoms with Gasteiger partial charge in [-0.3, -0.25) is 9.55 Å². The zero-order valence-electron chi connectivity index (χ0n) is 21.7. The van der Waals surface area contributed by atoms with E-state index in [1.807, 2.05) is 24.8 Å². The number of anilines is 2. The lowest BCUT2D eigenvalue weighted by atomic mass is 10.0. The minimum Gasteiger partial charge on any atom is -0.390 e. The number of pyridine rings is 1. The molecule has 3 aromatic heterocycles. The average Bonchev–Trinajstić information content (AvgIpc) is 2.81. The summed E-state index contributed by atoms with van der Waals surface area (Å²) in [6.07, 6.45) is 2.95. The molecular weight excluding hydrogens is 513 g/mol. The van der Waals surface area contributed by atoms with Crippen LogP contribution in [0.3, 0.4) is 0 Å². The van der Waals surface area contributed by atoms with E-state index in [4.69, 9.17) is 0 Å². The minimum atomic E-state index is -3.08. The Morgan fingerprint density at radius 1 is 1.13 bits per heavy atom. The van der Waals surface area contributed by atoms with Crippen molar-refractivity contribution in [2.45, 2.75) is 45.0 Å². The van der Waals surface area contributed by atoms with E-state index in [0.717, 1.165) is 5.39 Å². The molecule has 2 saturated heterocycles. The van der Waals surface area contributed by atoms with Crippen molar-refractivity contribution in [1.82, 2.24) is 24.5 Å². The second-order valence-electron chi connectivity index (χ2n) is 10.6. The molecule has 1 N–H and O–H groups in total. The van der Waals surface area contributed by atoms with Gasteiger partial charge in [0, 0.05) is 62.4 Å². The molecule has 0 bridgehead atoms. The van der Waals surface area contributed by atoms with Crippen LogP contribution in [0.5, 0.6) is 0 Å². The number of alkyl halides is 1. The van der Waals surface area contributed by atoms with Gasteiger partial charge in [0.05, 0.1) is 35.0 Å². The zero-order chi connectivity index (χ0) is 27.2. The zero-order valence-corrected chi connectivity index (χ0v) is 22.5. The molecule has 2 atom stereocenters. The molecule has 5 heterocycles. The van der Waals surface area contributed by atoms with Crippen molar-refractivity contribution in [2.75, 3.05) is 48.0 Å². The van der Waals surface area contributed by atoms with Crippen molar-refractivity contribution in [3.63, 3.8) is 0 Å². The van der Waals surface area contributed by atoms with Crippen LogP contribution in [0.4, 0.5) is 16.2 Å². The van der Waals surface area contributed by atoms with Crippen molar-refractivity contribution in [3.8, 4) is 0 Å². The third-order valence-electron chi connectivity index (χ3n) is 7.01. The van der Waals surface area contributed by atoms with Crippen LogP contribution in [0.1, 0.15) is 37.7 Å². The van der Waals surface area contributed by atoms with Crippen LogP contribution in [0.15, 0.2) is 29.3 Å². The van der Waals surface area contributed by atoms with Crippen molar-refractivity contribution in [3.05, 3.63) is 46.4 Å². The molecule has 0 saturated carbocycles. The molecule has 5 rings (SSSR count). The molecule has 38 heavy (non-hydrogen) atoms. The van der Waals surface area contributed by atoms with Crippen molar-refractivity contribution < 1.29 is 17.9 Å². The van der Waals surface area contributed by atoms with Crippen molar-refractivity contribution >= 4 is 32.5 Å². The first-order valence-electron chi connectivity index (χ1n) is 12.7. The van der Waals surface area contributed by atoms with Gasteiger partial charge < -0.3 is 14.9 Å². The summed E-state index contributed by atoms with van der Waals surface area (Å²) >= 11 is 0. The molecule has 0 aliphatic carbocycles. The van der Waals surface area contributed by atoms with E-state index in [9.17, 15) is 22.7 Å². The first kappa shape index (κ1) is 26.4. The molecule has 2 fully saturated rings. The first-order valence-corrected chi connectivity index (χ1v) is 14.8. The van der Waals surface area contributed by atoms with Gasteiger partial charge in [0.1, 0.15) is 21.8 Å². The molecule has 11 nitrogen and oxygen atoms in total. The van der Waals surface area contributed by atoms with Gasteiger partial charge in [-0.15, -0.1) is 0 Å². The van der Waals surface area contributed by atoms with Gasteiger partial charge in [-0.2, -0.15) is 4.98 Å². The highest BCUT2D eigenvalue weighted by Gasteiger charge is 2.32. The molecular formula is C25H32FN7O4S. The summed E-state index contributed by atoms with van der Waals surface area (Å²) in [5.74, 6) is 1.04. The van der Waals surface area contributed by atoms with E-state index in [0.29, 0.717) is 61.1 Å². The van der Waals surface area contributed by atoms with E-state index >= 15 is 0 Å². The Balaban J connectivity index is 1.43. The standard InChI is InChI=1S/C25H32FN7O4S/c1-15(2)33-21-9-18(8-17-4-6-27-24(29-17)31-7-5-22(34)20(26)13-31)28-10-19(21)23(30-25(33)35)32-11-16(12-32)14-38(3,36)37/h4,6,9-10,15-16,20,22,34H,5,7-8,11-14H2,1-3H3/t20-,22+/m1/s1. The first-order chi connectivity index (χ1) is 18.0. The van der Waals surface area contributed by atoms with Crippen LogP contribution in [0.25, 0.3) is 10.9 Å². The topological polar surface area (TPSA) is 134 Å². The molecule has 0 unspecified atom stereocenters. The quantitative estimate of drug-likeness (QED) is 0.461. The number of hydrogen-bond donors (Lipinski definition) is 1. The van der Waals surface area contributed by atoms with E-state index in [2.05, 4.69) is 19.9 Å². The summed E-state index contributed by atoms with van der Waals surface area (Å²) in [6, 6.07) is 3.51. The van der Waals surface area contributed by atoms with Crippen molar-refractivity contribution in [2.24, 2.45) is 5.92 Å². The number of sulfone groups is 1. The Morgan fingerprint density at radius 2 is 1.89 bits per heavy atom. The molecule has 204 valence electrons. The Morgan fingerprint density at radius 3 is 2.58 bits per heavy atom. The molecule has 0 aromatic carbocycles. The Labute approximate surface area is 220 Å². The van der Waals surface area contributed by atoms with E-state index in [1.165, 1.54) is 6.26 Å². The Kier molecular flexibility index (Phi) is 7.07. The average molecular weight is 546 g/mol. The maximum absolute atomic E-state index is 14.0. The predicted molar refractivity (Wildman–Crippen MR) is 142 cm³/mol. The molecule has 2 aliphatic heterocycles. The maximum Gasteiger partial charge on any atom is 0.350 e. The van der Waals surface area contributed by atoms with E-state index < -0.39 is 22.1 Å². The second-order valence-corrected chi connectivity index (χ2v) is 12.8. The lowest BCUT2D eigenvalue weighted by Gasteiger charge is -2.40. The highest BCUT2D eigenvalue weighted by molar-refractivity contribution is 7.90. The maximum atomic E-state index is 14.0. The molecule has 2 aliphatic rings. The van der Waals surface area contributed by atoms with Gasteiger partial charge in [-0.25, -0.2) is 27.6 Å². The molecule has 13 heteroatoms. The van der Waals surface area contributed by atoms with Gasteiger partial charge in [0.15, 0.2) is 0 Å². The van der Waals surface area contributed by atoms with Gasteiger partial charge in [0.25, 0.3) is 0 Å². The van der Waals surface area contributed by atoms with E-state index in [-0.39, 0.29) is 29.9 Å². The Hall–Kier alpha value is -3.19. The summed E-state index contributed by atoms with van der Waals surface area (Å²) in [4.78, 5) is 34.5. The van der Waals surface area contributed by atoms with Gasteiger partial charge in [0.2, 0.25) is 5.95 Å². The highest BCUT2D eigenvalue weighted by atomic mass is 32.2. The second kappa shape index (κ2) is 10.2. The fraction of sp³-hybridized carbons (Fsp3) is 0.560. The predicted octanol–water partition coefficient (Wildman–Crippen LogP) is 1.14. The molecule has 0 spiro atoms. The summed E-state index contributed by atoms with van der Waals surface area (Å²) < 4.78 is 39.0. The summed E-state index contributed by atoms with van der Waals surface area (Å²) in [7, 11) is -3.08. The number of hydrogen-bond acceptors (Lipinski definition) is 10. The molecule has 0 radical (unpaired) electrons. The normalized spacial score (nSPS) is 20.8. The lowest BCUT2D eigenvalue weighted by molar-refractivity contribution is 0.0611. The molecule has 3 aromatic rings. The number of halogens is 1. The van der Waals surface area contributed by atoms with Crippen LogP contribution in [-0.2, 0) is 16.3 Å². The fourth-order valence-electron chi connectivity index (χ4n) is 5.17.